The van der Waals surface area contributed by atoms with Crippen molar-refractivity contribution >= 4 is 21.9 Å². The van der Waals surface area contributed by atoms with E-state index in [0.717, 1.165) is 44.1 Å². The molecule has 7 nitrogen and oxygen atoms in total. The summed E-state index contributed by atoms with van der Waals surface area (Å²) in [6.07, 6.45) is 7.73. The van der Waals surface area contributed by atoms with E-state index in [1.165, 1.54) is 9.87 Å². The number of fused-ring (bicyclic) bond motifs is 1. The Morgan fingerprint density at radius 3 is 2.42 bits per heavy atom. The van der Waals surface area contributed by atoms with Crippen molar-refractivity contribution in [2.75, 3.05) is 32.8 Å². The fraction of sp³-hybridized carbons (Fsp3) is 0.680. The number of amides is 1. The number of aryl methyl sites for hydroxylation is 2. The molecule has 1 aromatic carbocycles. The van der Waals surface area contributed by atoms with Gasteiger partial charge in [0.2, 0.25) is 15.9 Å². The lowest BCUT2D eigenvalue weighted by Gasteiger charge is -2.34. The summed E-state index contributed by atoms with van der Waals surface area (Å²) in [4.78, 5) is 27.2. The fourth-order valence-electron chi connectivity index (χ4n) is 4.98. The van der Waals surface area contributed by atoms with Gasteiger partial charge < -0.3 is 9.64 Å². The first-order valence-corrected chi connectivity index (χ1v) is 13.9. The second kappa shape index (κ2) is 10.6. The molecular weight excluding hydrogens is 440 g/mol. The lowest BCUT2D eigenvalue weighted by molar-refractivity contribution is -0.144. The van der Waals surface area contributed by atoms with Crippen LogP contribution in [-0.4, -0.2) is 62.3 Å². The molecule has 0 atom stereocenters. The van der Waals surface area contributed by atoms with E-state index in [4.69, 9.17) is 4.74 Å². The summed E-state index contributed by atoms with van der Waals surface area (Å²) in [5.41, 5.74) is 2.42. The number of piperidine rings is 1. The zero-order chi connectivity index (χ0) is 23.4. The number of carbonyl (C=O) groups excluding carboxylic acids is 2. The Kier molecular flexibility index (Phi) is 7.74. The van der Waals surface area contributed by atoms with Gasteiger partial charge in [0.15, 0.2) is 0 Å². The molecule has 8 heteroatoms. The zero-order valence-corrected chi connectivity index (χ0v) is 20.4. The van der Waals surface area contributed by atoms with E-state index in [2.05, 4.69) is 0 Å². The van der Waals surface area contributed by atoms with Crippen LogP contribution in [0.2, 0.25) is 0 Å². The van der Waals surface area contributed by atoms with E-state index in [9.17, 15) is 18.0 Å². The van der Waals surface area contributed by atoms with Crippen LogP contribution in [0.1, 0.15) is 63.0 Å². The van der Waals surface area contributed by atoms with Crippen LogP contribution >= 0.6 is 0 Å². The van der Waals surface area contributed by atoms with E-state index in [-0.39, 0.29) is 24.2 Å². The van der Waals surface area contributed by atoms with E-state index >= 15 is 0 Å². The Labute approximate surface area is 197 Å². The topological polar surface area (TPSA) is 84.0 Å². The predicted molar refractivity (Wildman–Crippen MR) is 125 cm³/mol. The molecule has 182 valence electrons. The first-order valence-electron chi connectivity index (χ1n) is 12.4. The van der Waals surface area contributed by atoms with Crippen LogP contribution in [0.5, 0.6) is 0 Å². The molecule has 0 radical (unpaired) electrons. The van der Waals surface area contributed by atoms with Gasteiger partial charge in [-0.05, 0) is 87.5 Å². The summed E-state index contributed by atoms with van der Waals surface area (Å²) in [6.45, 7) is 3.88. The van der Waals surface area contributed by atoms with E-state index in [1.54, 1.807) is 13.0 Å². The molecular formula is C25H36N2O5S. The zero-order valence-electron chi connectivity index (χ0n) is 19.6. The lowest BCUT2D eigenvalue weighted by atomic mass is 9.92. The number of carbonyl (C=O) groups is 2. The van der Waals surface area contributed by atoms with Crippen LogP contribution < -0.4 is 0 Å². The smallest absolute Gasteiger partial charge is 0.307 e. The molecule has 2 fully saturated rings. The monoisotopic (exact) mass is 476 g/mol. The van der Waals surface area contributed by atoms with Gasteiger partial charge >= 0.3 is 5.97 Å². The maximum absolute atomic E-state index is 13.3. The second-order valence-electron chi connectivity index (χ2n) is 9.60. The van der Waals surface area contributed by atoms with Gasteiger partial charge in [-0.25, -0.2) is 8.42 Å². The summed E-state index contributed by atoms with van der Waals surface area (Å²) in [5.74, 6) is 0.107. The number of ether oxygens (including phenoxy) is 1. The van der Waals surface area contributed by atoms with Crippen LogP contribution in [0.15, 0.2) is 23.1 Å². The maximum Gasteiger partial charge on any atom is 0.307 e. The van der Waals surface area contributed by atoms with Crippen molar-refractivity contribution in [1.82, 2.24) is 9.21 Å². The van der Waals surface area contributed by atoms with Crippen molar-refractivity contribution in [2.24, 2.45) is 11.8 Å². The highest BCUT2D eigenvalue weighted by atomic mass is 32.2. The van der Waals surface area contributed by atoms with Crippen LogP contribution in [0, 0.1) is 11.8 Å². The summed E-state index contributed by atoms with van der Waals surface area (Å²) < 4.78 is 33.1. The van der Waals surface area contributed by atoms with Gasteiger partial charge in [0.05, 0.1) is 17.9 Å². The van der Waals surface area contributed by atoms with E-state index < -0.39 is 10.0 Å². The molecule has 1 aromatic rings. The predicted octanol–water partition coefficient (Wildman–Crippen LogP) is 3.16. The molecule has 1 heterocycles. The molecule has 1 saturated heterocycles. The fourth-order valence-corrected chi connectivity index (χ4v) is 6.50. The average Bonchev–Trinajstić information content (AvgIpc) is 3.65. The molecule has 1 saturated carbocycles. The van der Waals surface area contributed by atoms with Crippen molar-refractivity contribution in [3.05, 3.63) is 29.3 Å². The summed E-state index contributed by atoms with van der Waals surface area (Å²) >= 11 is 0. The third-order valence-electron chi connectivity index (χ3n) is 7.14. The third-order valence-corrected chi connectivity index (χ3v) is 9.03. The van der Waals surface area contributed by atoms with Crippen LogP contribution in [-0.2, 0) is 37.2 Å². The largest absolute Gasteiger partial charge is 0.466 e. The number of rotatable bonds is 9. The minimum Gasteiger partial charge on any atom is -0.466 e. The number of esters is 1. The second-order valence-corrected chi connectivity index (χ2v) is 11.5. The highest BCUT2D eigenvalue weighted by molar-refractivity contribution is 7.89. The SMILES string of the molecule is CCOC(=O)CCN(CC1CC1)C(=O)C1CCN(S(=O)(=O)c2ccc3c(c2)CCCC3)CC1. The highest BCUT2D eigenvalue weighted by Gasteiger charge is 2.36. The molecule has 3 aliphatic rings. The molecule has 2 aliphatic carbocycles. The molecule has 0 bridgehead atoms. The van der Waals surface area contributed by atoms with E-state index in [0.29, 0.717) is 56.4 Å². The first kappa shape index (κ1) is 24.2. The Morgan fingerprint density at radius 2 is 1.76 bits per heavy atom. The Balaban J connectivity index is 1.36. The molecule has 1 amide bonds. The normalized spacial score (nSPS) is 19.7. The van der Waals surface area contributed by atoms with Crippen molar-refractivity contribution in [1.29, 1.82) is 0 Å². The maximum atomic E-state index is 13.3. The minimum atomic E-state index is -3.55. The third kappa shape index (κ3) is 5.96. The quantitative estimate of drug-likeness (QED) is 0.511. The number of hydrogen-bond donors (Lipinski definition) is 0. The molecule has 0 spiro atoms. The van der Waals surface area contributed by atoms with Gasteiger partial charge in [-0.1, -0.05) is 6.07 Å². The van der Waals surface area contributed by atoms with Gasteiger partial charge in [0.1, 0.15) is 0 Å². The highest BCUT2D eigenvalue weighted by Crippen LogP contribution is 2.32. The van der Waals surface area contributed by atoms with Gasteiger partial charge in [0.25, 0.3) is 0 Å². The van der Waals surface area contributed by atoms with Crippen molar-refractivity contribution in [3.63, 3.8) is 0 Å². The van der Waals surface area contributed by atoms with Crippen LogP contribution in [0.3, 0.4) is 0 Å². The molecule has 33 heavy (non-hydrogen) atoms. The van der Waals surface area contributed by atoms with Crippen molar-refractivity contribution in [2.45, 2.75) is 69.6 Å². The van der Waals surface area contributed by atoms with Gasteiger partial charge in [-0.2, -0.15) is 4.31 Å². The number of hydrogen-bond acceptors (Lipinski definition) is 5. The Morgan fingerprint density at radius 1 is 1.06 bits per heavy atom. The molecule has 4 rings (SSSR count). The standard InChI is InChI=1S/C25H36N2O5S/c1-2-32-24(28)13-14-26(18-19-7-8-19)25(29)21-11-15-27(16-12-21)33(30,31)23-10-9-20-5-3-4-6-22(20)17-23/h9-10,17,19,21H,2-8,11-16,18H2,1H3. The van der Waals surface area contributed by atoms with Crippen LogP contribution in [0.25, 0.3) is 0 Å². The van der Waals surface area contributed by atoms with Crippen LogP contribution in [0.4, 0.5) is 0 Å². The number of benzene rings is 1. The van der Waals surface area contributed by atoms with Crippen molar-refractivity contribution < 1.29 is 22.7 Å². The number of nitrogens with zero attached hydrogens (tertiary/aromatic N) is 2. The summed E-state index contributed by atoms with van der Waals surface area (Å²) in [6, 6.07) is 5.56. The van der Waals surface area contributed by atoms with E-state index in [1.807, 2.05) is 17.0 Å². The summed E-state index contributed by atoms with van der Waals surface area (Å²) in [5, 5.41) is 0. The minimum absolute atomic E-state index is 0.0528. The van der Waals surface area contributed by atoms with Gasteiger partial charge in [0, 0.05) is 32.1 Å². The van der Waals surface area contributed by atoms with Gasteiger partial charge in [-0.3, -0.25) is 9.59 Å². The molecule has 0 N–H and O–H groups in total. The molecule has 0 unspecified atom stereocenters. The van der Waals surface area contributed by atoms with Crippen molar-refractivity contribution in [3.8, 4) is 0 Å². The molecule has 0 aromatic heterocycles. The first-order chi connectivity index (χ1) is 15.9. The molecule has 1 aliphatic heterocycles. The Bertz CT molecular complexity index is 965. The van der Waals surface area contributed by atoms with Gasteiger partial charge in [-0.15, -0.1) is 0 Å². The summed E-state index contributed by atoms with van der Waals surface area (Å²) in [7, 11) is -3.55. The number of sulfonamides is 1. The Hall–Kier alpha value is -1.93. The lowest BCUT2D eigenvalue weighted by Crippen LogP contribution is -2.45. The average molecular weight is 477 g/mol.